The third kappa shape index (κ3) is 3.40. The van der Waals surface area contributed by atoms with Gasteiger partial charge in [0.25, 0.3) is 5.91 Å². The summed E-state index contributed by atoms with van der Waals surface area (Å²) in [4.78, 5) is 15.8. The van der Waals surface area contributed by atoms with E-state index in [1.165, 1.54) is 11.8 Å². The van der Waals surface area contributed by atoms with Crippen LogP contribution in [-0.4, -0.2) is 23.7 Å². The van der Waals surface area contributed by atoms with Crippen LogP contribution in [-0.2, 0) is 0 Å². The first-order chi connectivity index (χ1) is 7.15. The smallest absolute Gasteiger partial charge is 0.254 e. The average molecular weight is 222 g/mol. The van der Waals surface area contributed by atoms with Crippen molar-refractivity contribution in [3.63, 3.8) is 0 Å². The second-order valence-corrected chi connectivity index (χ2v) is 3.99. The fourth-order valence-electron chi connectivity index (χ4n) is 1.05. The van der Waals surface area contributed by atoms with E-state index in [2.05, 4.69) is 16.9 Å². The molecule has 1 aromatic rings. The van der Waals surface area contributed by atoms with Crippen molar-refractivity contribution in [3.8, 4) is 0 Å². The van der Waals surface area contributed by atoms with E-state index in [0.717, 1.165) is 10.6 Å². The molecule has 0 atom stereocenters. The van der Waals surface area contributed by atoms with Gasteiger partial charge in [0.1, 0.15) is 5.03 Å². The topological polar surface area (TPSA) is 42.0 Å². The second-order valence-electron chi connectivity index (χ2n) is 3.20. The van der Waals surface area contributed by atoms with Crippen LogP contribution >= 0.6 is 11.8 Å². The van der Waals surface area contributed by atoms with E-state index in [1.807, 2.05) is 13.2 Å². The highest BCUT2D eigenvalue weighted by Gasteiger charge is 2.10. The van der Waals surface area contributed by atoms with Crippen molar-refractivity contribution < 1.29 is 4.79 Å². The van der Waals surface area contributed by atoms with Gasteiger partial charge in [-0.3, -0.25) is 4.79 Å². The number of amides is 1. The van der Waals surface area contributed by atoms with Gasteiger partial charge in [-0.15, -0.1) is 11.8 Å². The molecule has 15 heavy (non-hydrogen) atoms. The van der Waals surface area contributed by atoms with Crippen LogP contribution in [0.25, 0.3) is 0 Å². The van der Waals surface area contributed by atoms with E-state index in [9.17, 15) is 4.79 Å². The highest BCUT2D eigenvalue weighted by atomic mass is 32.2. The SMILES string of the molecule is C=C(C)CNC(=O)c1cccnc1SC. The number of nitrogens with one attached hydrogen (secondary N) is 1. The number of rotatable bonds is 4. The predicted octanol–water partition coefficient (Wildman–Crippen LogP) is 2.11. The minimum absolute atomic E-state index is 0.101. The molecule has 0 unspecified atom stereocenters. The summed E-state index contributed by atoms with van der Waals surface area (Å²) in [6.07, 6.45) is 3.58. The minimum atomic E-state index is -0.101. The molecule has 0 bridgehead atoms. The molecule has 1 aromatic heterocycles. The van der Waals surface area contributed by atoms with Crippen LogP contribution in [0.2, 0.25) is 0 Å². The molecule has 1 amide bonds. The maximum absolute atomic E-state index is 11.7. The minimum Gasteiger partial charge on any atom is -0.348 e. The van der Waals surface area contributed by atoms with Gasteiger partial charge < -0.3 is 5.32 Å². The van der Waals surface area contributed by atoms with Crippen LogP contribution in [0.3, 0.4) is 0 Å². The quantitative estimate of drug-likeness (QED) is 0.626. The first kappa shape index (κ1) is 11.8. The van der Waals surface area contributed by atoms with Crippen LogP contribution in [0.4, 0.5) is 0 Å². The fraction of sp³-hybridized carbons (Fsp3) is 0.273. The number of aromatic nitrogens is 1. The Labute approximate surface area is 94.0 Å². The van der Waals surface area contributed by atoms with Gasteiger partial charge in [0.15, 0.2) is 0 Å². The fourth-order valence-corrected chi connectivity index (χ4v) is 1.60. The van der Waals surface area contributed by atoms with Crippen molar-refractivity contribution in [2.45, 2.75) is 11.9 Å². The van der Waals surface area contributed by atoms with Gasteiger partial charge >= 0.3 is 0 Å². The van der Waals surface area contributed by atoms with E-state index in [1.54, 1.807) is 18.3 Å². The van der Waals surface area contributed by atoms with Gasteiger partial charge in [0.2, 0.25) is 0 Å². The summed E-state index contributed by atoms with van der Waals surface area (Å²) >= 11 is 1.46. The van der Waals surface area contributed by atoms with Crippen LogP contribution in [0.1, 0.15) is 17.3 Å². The molecule has 0 aliphatic rings. The molecule has 0 saturated heterocycles. The van der Waals surface area contributed by atoms with Crippen LogP contribution in [0.5, 0.6) is 0 Å². The van der Waals surface area contributed by atoms with E-state index in [-0.39, 0.29) is 5.91 Å². The molecule has 0 fully saturated rings. The average Bonchev–Trinajstić information content (AvgIpc) is 2.25. The van der Waals surface area contributed by atoms with E-state index >= 15 is 0 Å². The molecule has 0 aliphatic carbocycles. The van der Waals surface area contributed by atoms with Crippen LogP contribution in [0.15, 0.2) is 35.5 Å². The molecule has 4 heteroatoms. The lowest BCUT2D eigenvalue weighted by atomic mass is 10.2. The van der Waals surface area contributed by atoms with Crippen molar-refractivity contribution in [2.75, 3.05) is 12.8 Å². The number of carbonyl (C=O) groups excluding carboxylic acids is 1. The highest BCUT2D eigenvalue weighted by molar-refractivity contribution is 7.98. The Bertz CT molecular complexity index is 377. The Hall–Kier alpha value is -1.29. The summed E-state index contributed by atoms with van der Waals surface area (Å²) in [5.74, 6) is -0.101. The largest absolute Gasteiger partial charge is 0.348 e. The van der Waals surface area contributed by atoms with Crippen molar-refractivity contribution >= 4 is 17.7 Å². The van der Waals surface area contributed by atoms with Crippen molar-refractivity contribution in [1.29, 1.82) is 0 Å². The second kappa shape index (κ2) is 5.56. The summed E-state index contributed by atoms with van der Waals surface area (Å²) < 4.78 is 0. The number of nitrogens with zero attached hydrogens (tertiary/aromatic N) is 1. The Morgan fingerprint density at radius 1 is 1.67 bits per heavy atom. The standard InChI is InChI=1S/C11H14N2OS/c1-8(2)7-13-10(14)9-5-4-6-12-11(9)15-3/h4-6H,1,7H2,2-3H3,(H,13,14). The maximum atomic E-state index is 11.7. The molecule has 0 saturated carbocycles. The molecule has 80 valence electrons. The third-order valence-corrected chi connectivity index (χ3v) is 2.47. The highest BCUT2D eigenvalue weighted by Crippen LogP contribution is 2.16. The zero-order valence-electron chi connectivity index (χ0n) is 8.91. The molecule has 0 spiro atoms. The first-order valence-corrected chi connectivity index (χ1v) is 5.79. The van der Waals surface area contributed by atoms with Gasteiger partial charge in [-0.2, -0.15) is 0 Å². The van der Waals surface area contributed by atoms with Gasteiger partial charge in [-0.25, -0.2) is 4.98 Å². The van der Waals surface area contributed by atoms with E-state index in [0.29, 0.717) is 12.1 Å². The molecule has 0 aliphatic heterocycles. The molecule has 0 aromatic carbocycles. The van der Waals surface area contributed by atoms with Gasteiger partial charge in [0, 0.05) is 12.7 Å². The number of hydrogen-bond acceptors (Lipinski definition) is 3. The monoisotopic (exact) mass is 222 g/mol. The molecular weight excluding hydrogens is 208 g/mol. The summed E-state index contributed by atoms with van der Waals surface area (Å²) in [6, 6.07) is 3.53. The molecule has 1 rings (SSSR count). The lowest BCUT2D eigenvalue weighted by Gasteiger charge is -2.07. The summed E-state index contributed by atoms with van der Waals surface area (Å²) in [7, 11) is 0. The lowest BCUT2D eigenvalue weighted by molar-refractivity contribution is 0.0953. The molecule has 3 nitrogen and oxygen atoms in total. The zero-order chi connectivity index (χ0) is 11.3. The Morgan fingerprint density at radius 3 is 3.00 bits per heavy atom. The van der Waals surface area contributed by atoms with E-state index in [4.69, 9.17) is 0 Å². The summed E-state index contributed by atoms with van der Waals surface area (Å²) in [6.45, 7) is 6.10. The molecule has 1 heterocycles. The molecule has 1 N–H and O–H groups in total. The van der Waals surface area contributed by atoms with Gasteiger partial charge in [-0.05, 0) is 25.3 Å². The zero-order valence-corrected chi connectivity index (χ0v) is 9.73. The normalized spacial score (nSPS) is 9.73. The Kier molecular flexibility index (Phi) is 4.37. The van der Waals surface area contributed by atoms with Gasteiger partial charge in [0.05, 0.1) is 5.56 Å². The molecular formula is C11H14N2OS. The van der Waals surface area contributed by atoms with E-state index < -0.39 is 0 Å². The molecule has 0 radical (unpaired) electrons. The maximum Gasteiger partial charge on any atom is 0.254 e. The lowest BCUT2D eigenvalue weighted by Crippen LogP contribution is -2.25. The number of carbonyl (C=O) groups is 1. The Morgan fingerprint density at radius 2 is 2.40 bits per heavy atom. The first-order valence-electron chi connectivity index (χ1n) is 4.56. The van der Waals surface area contributed by atoms with Crippen molar-refractivity contribution in [2.24, 2.45) is 0 Å². The number of pyridine rings is 1. The number of thioether (sulfide) groups is 1. The number of hydrogen-bond donors (Lipinski definition) is 1. The van der Waals surface area contributed by atoms with Crippen LogP contribution < -0.4 is 5.32 Å². The summed E-state index contributed by atoms with van der Waals surface area (Å²) in [5.41, 5.74) is 1.55. The predicted molar refractivity (Wildman–Crippen MR) is 63.2 cm³/mol. The van der Waals surface area contributed by atoms with Crippen LogP contribution in [0, 0.1) is 0 Å². The van der Waals surface area contributed by atoms with Crippen molar-refractivity contribution in [3.05, 3.63) is 36.0 Å². The summed E-state index contributed by atoms with van der Waals surface area (Å²) in [5, 5.41) is 3.53. The van der Waals surface area contributed by atoms with Crippen molar-refractivity contribution in [1.82, 2.24) is 10.3 Å². The third-order valence-electron chi connectivity index (χ3n) is 1.76. The van der Waals surface area contributed by atoms with Gasteiger partial charge in [-0.1, -0.05) is 12.2 Å². The Balaban J connectivity index is 2.77.